The van der Waals surface area contributed by atoms with Gasteiger partial charge in [-0.05, 0) is 30.5 Å². The predicted octanol–water partition coefficient (Wildman–Crippen LogP) is 2.02. The quantitative estimate of drug-likeness (QED) is 0.777. The predicted molar refractivity (Wildman–Crippen MR) is 103 cm³/mol. The Kier molecular flexibility index (Phi) is 4.58. The molecule has 1 fully saturated rings. The molecule has 2 aromatic rings. The third-order valence-corrected chi connectivity index (χ3v) is 5.47. The number of hydrogen-bond acceptors (Lipinski definition) is 4. The Bertz CT molecular complexity index is 845. The zero-order valence-electron chi connectivity index (χ0n) is 15.0. The molecule has 2 aliphatic rings. The van der Waals surface area contributed by atoms with E-state index >= 15 is 0 Å². The molecule has 6 nitrogen and oxygen atoms in total. The smallest absolute Gasteiger partial charge is 0.251 e. The van der Waals surface area contributed by atoms with E-state index in [0.717, 1.165) is 16.9 Å². The molecule has 2 heterocycles. The van der Waals surface area contributed by atoms with Gasteiger partial charge >= 0.3 is 0 Å². The topological polar surface area (TPSA) is 81.7 Å². The van der Waals surface area contributed by atoms with Crippen molar-refractivity contribution in [2.75, 3.05) is 23.7 Å². The number of amides is 2. The third-order valence-electron chi connectivity index (χ3n) is 5.47. The highest BCUT2D eigenvalue weighted by Crippen LogP contribution is 2.36. The summed E-state index contributed by atoms with van der Waals surface area (Å²) in [7, 11) is 0. The SMILES string of the molecule is O=C(C(O)Cc1ccccc1)N1CCC2(CC1)Nc1ccccc1NC2=O. The second-order valence-electron chi connectivity index (χ2n) is 7.24. The number of piperidine rings is 1. The first kappa shape index (κ1) is 17.5. The third kappa shape index (κ3) is 3.40. The van der Waals surface area contributed by atoms with Crippen LogP contribution in [0.25, 0.3) is 0 Å². The Balaban J connectivity index is 1.40. The molecule has 3 N–H and O–H groups in total. The number of aliphatic hydroxyl groups excluding tert-OH is 1. The minimum Gasteiger partial charge on any atom is -0.383 e. The van der Waals surface area contributed by atoms with Crippen LogP contribution in [0.1, 0.15) is 18.4 Å². The number of carbonyl (C=O) groups excluding carboxylic acids is 2. The van der Waals surface area contributed by atoms with Crippen LogP contribution >= 0.6 is 0 Å². The van der Waals surface area contributed by atoms with E-state index in [4.69, 9.17) is 0 Å². The largest absolute Gasteiger partial charge is 0.383 e. The lowest BCUT2D eigenvalue weighted by atomic mass is 9.84. The van der Waals surface area contributed by atoms with E-state index in [1.807, 2.05) is 54.6 Å². The highest BCUT2D eigenvalue weighted by Gasteiger charge is 2.45. The molecule has 1 unspecified atom stereocenters. The maximum absolute atomic E-state index is 12.7. The van der Waals surface area contributed by atoms with Crippen LogP contribution in [0.15, 0.2) is 54.6 Å². The average molecular weight is 365 g/mol. The average Bonchev–Trinajstić information content (AvgIpc) is 2.70. The molecule has 0 saturated carbocycles. The van der Waals surface area contributed by atoms with Gasteiger partial charge in [-0.3, -0.25) is 9.59 Å². The van der Waals surface area contributed by atoms with Crippen LogP contribution in [0.3, 0.4) is 0 Å². The van der Waals surface area contributed by atoms with Crippen LogP contribution in [-0.4, -0.2) is 46.6 Å². The molecular weight excluding hydrogens is 342 g/mol. The number of carbonyl (C=O) groups is 2. The van der Waals surface area contributed by atoms with Crippen molar-refractivity contribution in [2.24, 2.45) is 0 Å². The molecule has 2 aromatic carbocycles. The van der Waals surface area contributed by atoms with Gasteiger partial charge in [0.1, 0.15) is 11.6 Å². The number of para-hydroxylation sites is 2. The molecule has 27 heavy (non-hydrogen) atoms. The molecule has 0 bridgehead atoms. The summed E-state index contributed by atoms with van der Waals surface area (Å²) < 4.78 is 0. The van der Waals surface area contributed by atoms with E-state index in [0.29, 0.717) is 32.4 Å². The first-order valence-corrected chi connectivity index (χ1v) is 9.27. The number of likely N-dealkylation sites (tertiary alicyclic amines) is 1. The fourth-order valence-electron chi connectivity index (χ4n) is 3.85. The number of nitrogens with zero attached hydrogens (tertiary/aromatic N) is 1. The summed E-state index contributed by atoms with van der Waals surface area (Å²) >= 11 is 0. The van der Waals surface area contributed by atoms with Gasteiger partial charge in [-0.15, -0.1) is 0 Å². The molecule has 0 aromatic heterocycles. The van der Waals surface area contributed by atoms with Gasteiger partial charge in [0, 0.05) is 19.5 Å². The number of fused-ring (bicyclic) bond motifs is 1. The van der Waals surface area contributed by atoms with Gasteiger partial charge in [-0.1, -0.05) is 42.5 Å². The first-order chi connectivity index (χ1) is 13.1. The van der Waals surface area contributed by atoms with E-state index in [-0.39, 0.29) is 11.8 Å². The van der Waals surface area contributed by atoms with Gasteiger partial charge in [0.2, 0.25) is 5.91 Å². The Hall–Kier alpha value is -2.86. The van der Waals surface area contributed by atoms with Gasteiger partial charge in [0.15, 0.2) is 0 Å². The number of rotatable bonds is 3. The lowest BCUT2D eigenvalue weighted by Gasteiger charge is -2.44. The zero-order valence-corrected chi connectivity index (χ0v) is 15.0. The van der Waals surface area contributed by atoms with E-state index in [2.05, 4.69) is 10.6 Å². The number of benzene rings is 2. The highest BCUT2D eigenvalue weighted by atomic mass is 16.3. The lowest BCUT2D eigenvalue weighted by molar-refractivity contribution is -0.142. The summed E-state index contributed by atoms with van der Waals surface area (Å²) in [5.74, 6) is -0.330. The van der Waals surface area contributed by atoms with Crippen LogP contribution in [0.2, 0.25) is 0 Å². The molecule has 4 rings (SSSR count). The van der Waals surface area contributed by atoms with Crippen molar-refractivity contribution in [1.82, 2.24) is 4.90 Å². The van der Waals surface area contributed by atoms with E-state index in [1.54, 1.807) is 4.90 Å². The minimum absolute atomic E-state index is 0.0573. The maximum Gasteiger partial charge on any atom is 0.251 e. The van der Waals surface area contributed by atoms with Crippen molar-refractivity contribution in [2.45, 2.75) is 30.9 Å². The lowest BCUT2D eigenvalue weighted by Crippen LogP contribution is -2.59. The van der Waals surface area contributed by atoms with Crippen molar-refractivity contribution < 1.29 is 14.7 Å². The molecule has 2 amide bonds. The normalized spacial score (nSPS) is 19.0. The van der Waals surface area contributed by atoms with Crippen LogP contribution in [0.5, 0.6) is 0 Å². The zero-order chi connectivity index (χ0) is 18.9. The second-order valence-corrected chi connectivity index (χ2v) is 7.24. The molecule has 0 aliphatic carbocycles. The van der Waals surface area contributed by atoms with Crippen molar-refractivity contribution >= 4 is 23.2 Å². The molecule has 1 saturated heterocycles. The van der Waals surface area contributed by atoms with Gasteiger partial charge in [-0.25, -0.2) is 0 Å². The first-order valence-electron chi connectivity index (χ1n) is 9.27. The molecule has 1 atom stereocenters. The Labute approximate surface area is 158 Å². The molecule has 2 aliphatic heterocycles. The molecule has 1 spiro atoms. The molecular formula is C21H23N3O3. The van der Waals surface area contributed by atoms with E-state index < -0.39 is 11.6 Å². The van der Waals surface area contributed by atoms with Gasteiger partial charge < -0.3 is 20.6 Å². The summed E-state index contributed by atoms with van der Waals surface area (Å²) in [5, 5.41) is 16.7. The summed E-state index contributed by atoms with van der Waals surface area (Å²) in [6.45, 7) is 0.876. The monoisotopic (exact) mass is 365 g/mol. The second kappa shape index (κ2) is 7.04. The van der Waals surface area contributed by atoms with E-state index in [9.17, 15) is 14.7 Å². The standard InChI is InChI=1S/C21H23N3O3/c25-18(14-15-6-2-1-3-7-15)19(26)24-12-10-21(11-13-24)20(27)22-16-8-4-5-9-17(16)23-21/h1-9,18,23,25H,10-14H2,(H,22,27). The Morgan fingerprint density at radius 3 is 2.37 bits per heavy atom. The summed E-state index contributed by atoms with van der Waals surface area (Å²) in [4.78, 5) is 26.9. The van der Waals surface area contributed by atoms with Crippen LogP contribution in [0, 0.1) is 0 Å². The maximum atomic E-state index is 12.7. The van der Waals surface area contributed by atoms with Crippen molar-refractivity contribution in [3.05, 3.63) is 60.2 Å². The Morgan fingerprint density at radius 2 is 1.67 bits per heavy atom. The van der Waals surface area contributed by atoms with Crippen molar-refractivity contribution in [1.29, 1.82) is 0 Å². The van der Waals surface area contributed by atoms with Crippen LogP contribution in [-0.2, 0) is 16.0 Å². The van der Waals surface area contributed by atoms with Gasteiger partial charge in [0.25, 0.3) is 5.91 Å². The molecule has 6 heteroatoms. The number of anilines is 2. The fourth-order valence-corrected chi connectivity index (χ4v) is 3.85. The number of nitrogens with one attached hydrogen (secondary N) is 2. The molecule has 0 radical (unpaired) electrons. The highest BCUT2D eigenvalue weighted by molar-refractivity contribution is 6.06. The van der Waals surface area contributed by atoms with Gasteiger partial charge in [0.05, 0.1) is 11.4 Å². The molecule has 140 valence electrons. The summed E-state index contributed by atoms with van der Waals surface area (Å²) in [5.41, 5.74) is 1.91. The van der Waals surface area contributed by atoms with Gasteiger partial charge in [-0.2, -0.15) is 0 Å². The summed E-state index contributed by atoms with van der Waals surface area (Å²) in [6, 6.07) is 17.1. The fraction of sp³-hybridized carbons (Fsp3) is 0.333. The van der Waals surface area contributed by atoms with Crippen molar-refractivity contribution in [3.63, 3.8) is 0 Å². The minimum atomic E-state index is -1.06. The van der Waals surface area contributed by atoms with Crippen LogP contribution < -0.4 is 10.6 Å². The number of aliphatic hydroxyl groups is 1. The van der Waals surface area contributed by atoms with E-state index in [1.165, 1.54) is 0 Å². The number of hydrogen-bond donors (Lipinski definition) is 3. The van der Waals surface area contributed by atoms with Crippen molar-refractivity contribution in [3.8, 4) is 0 Å². The summed E-state index contributed by atoms with van der Waals surface area (Å²) in [6.07, 6.45) is 0.261. The Morgan fingerprint density at radius 1 is 1.04 bits per heavy atom. The van der Waals surface area contributed by atoms with Crippen LogP contribution in [0.4, 0.5) is 11.4 Å².